The second-order valence-electron chi connectivity index (χ2n) is 3.93. The van der Waals surface area contributed by atoms with Crippen molar-refractivity contribution < 1.29 is 4.79 Å². The van der Waals surface area contributed by atoms with Crippen molar-refractivity contribution in [2.45, 2.75) is 13.8 Å². The molecule has 0 unspecified atom stereocenters. The van der Waals surface area contributed by atoms with Gasteiger partial charge in [0.05, 0.1) is 10.6 Å². The fourth-order valence-corrected chi connectivity index (χ4v) is 2.70. The largest absolute Gasteiger partial charge is 0.332 e. The standard InChI is InChI=1S/C13H13N3OS2/c1-8-11(9(2)17)19-13(14-8)16-12(18)15-10-6-4-3-5-7-10/h3-7H,1-2H3,(H2,14,15,16,18). The number of Topliss-reactive ketones (excluding diaryl/α,β-unsaturated/α-hetero) is 1. The number of hydrogen-bond donors (Lipinski definition) is 2. The minimum absolute atomic E-state index is 0.0185. The van der Waals surface area contributed by atoms with E-state index >= 15 is 0 Å². The number of benzene rings is 1. The van der Waals surface area contributed by atoms with Gasteiger partial charge in [-0.3, -0.25) is 4.79 Å². The van der Waals surface area contributed by atoms with Gasteiger partial charge in [0.1, 0.15) is 0 Å². The molecule has 0 aliphatic heterocycles. The number of anilines is 2. The molecular weight excluding hydrogens is 278 g/mol. The lowest BCUT2D eigenvalue weighted by molar-refractivity contribution is 0.102. The Morgan fingerprint density at radius 1 is 1.26 bits per heavy atom. The van der Waals surface area contributed by atoms with Crippen molar-refractivity contribution >= 4 is 45.3 Å². The number of thiazole rings is 1. The number of hydrogen-bond acceptors (Lipinski definition) is 4. The molecule has 1 aromatic carbocycles. The molecule has 0 saturated heterocycles. The Bertz CT molecular complexity index is 608. The van der Waals surface area contributed by atoms with Gasteiger partial charge in [-0.1, -0.05) is 29.5 Å². The number of para-hydroxylation sites is 1. The molecule has 0 aliphatic rings. The highest BCUT2D eigenvalue weighted by atomic mass is 32.1. The molecule has 19 heavy (non-hydrogen) atoms. The van der Waals surface area contributed by atoms with Gasteiger partial charge >= 0.3 is 0 Å². The number of aromatic nitrogens is 1. The van der Waals surface area contributed by atoms with Crippen molar-refractivity contribution in [2.24, 2.45) is 0 Å². The molecule has 0 fully saturated rings. The third kappa shape index (κ3) is 3.59. The Kier molecular flexibility index (Phi) is 4.24. The molecule has 4 nitrogen and oxygen atoms in total. The monoisotopic (exact) mass is 291 g/mol. The number of nitrogens with zero attached hydrogens (tertiary/aromatic N) is 1. The van der Waals surface area contributed by atoms with Crippen LogP contribution in [0.1, 0.15) is 22.3 Å². The van der Waals surface area contributed by atoms with Crippen LogP contribution in [0, 0.1) is 6.92 Å². The molecule has 0 bridgehead atoms. The molecule has 1 heterocycles. The number of aryl methyl sites for hydroxylation is 1. The third-order valence-corrected chi connectivity index (χ3v) is 3.75. The fourth-order valence-electron chi connectivity index (χ4n) is 1.56. The summed E-state index contributed by atoms with van der Waals surface area (Å²) in [6, 6.07) is 9.62. The Balaban J connectivity index is 2.03. The van der Waals surface area contributed by atoms with Crippen LogP contribution >= 0.6 is 23.6 Å². The summed E-state index contributed by atoms with van der Waals surface area (Å²) in [5.41, 5.74) is 1.63. The zero-order valence-electron chi connectivity index (χ0n) is 10.6. The highest BCUT2D eigenvalue weighted by molar-refractivity contribution is 7.80. The molecule has 0 radical (unpaired) electrons. The lowest BCUT2D eigenvalue weighted by atomic mass is 10.3. The molecule has 2 aromatic rings. The first-order chi connectivity index (χ1) is 9.06. The molecule has 0 saturated carbocycles. The number of carbonyl (C=O) groups excluding carboxylic acids is 1. The number of nitrogens with one attached hydrogen (secondary N) is 2. The topological polar surface area (TPSA) is 54.0 Å². The molecule has 98 valence electrons. The maximum absolute atomic E-state index is 11.4. The van der Waals surface area contributed by atoms with E-state index in [2.05, 4.69) is 15.6 Å². The van der Waals surface area contributed by atoms with E-state index in [1.54, 1.807) is 0 Å². The maximum Gasteiger partial charge on any atom is 0.189 e. The Morgan fingerprint density at radius 2 is 1.95 bits per heavy atom. The van der Waals surface area contributed by atoms with Gasteiger partial charge in [-0.2, -0.15) is 0 Å². The van der Waals surface area contributed by atoms with Crippen LogP contribution in [0.5, 0.6) is 0 Å². The van der Waals surface area contributed by atoms with Crippen LogP contribution < -0.4 is 10.6 Å². The minimum Gasteiger partial charge on any atom is -0.332 e. The molecule has 2 rings (SSSR count). The van der Waals surface area contributed by atoms with Gasteiger partial charge < -0.3 is 10.6 Å². The summed E-state index contributed by atoms with van der Waals surface area (Å²) in [6.45, 7) is 3.34. The number of rotatable bonds is 3. The second-order valence-corrected chi connectivity index (χ2v) is 5.34. The van der Waals surface area contributed by atoms with E-state index in [-0.39, 0.29) is 5.78 Å². The molecule has 0 aliphatic carbocycles. The van der Waals surface area contributed by atoms with Gasteiger partial charge in [0.15, 0.2) is 16.0 Å². The van der Waals surface area contributed by atoms with E-state index in [1.807, 2.05) is 37.3 Å². The molecule has 6 heteroatoms. The summed E-state index contributed by atoms with van der Waals surface area (Å²) in [6.07, 6.45) is 0. The third-order valence-electron chi connectivity index (χ3n) is 2.37. The molecule has 2 N–H and O–H groups in total. The number of thiocarbonyl (C=S) groups is 1. The Hall–Kier alpha value is -1.79. The first kappa shape index (κ1) is 13.6. The van der Waals surface area contributed by atoms with Crippen molar-refractivity contribution in [2.75, 3.05) is 10.6 Å². The van der Waals surface area contributed by atoms with Crippen molar-refractivity contribution in [3.8, 4) is 0 Å². The summed E-state index contributed by atoms with van der Waals surface area (Å²) < 4.78 is 0. The lowest BCUT2D eigenvalue weighted by Gasteiger charge is -2.07. The van der Waals surface area contributed by atoms with Crippen molar-refractivity contribution in [1.29, 1.82) is 0 Å². The normalized spacial score (nSPS) is 10.0. The van der Waals surface area contributed by atoms with Crippen molar-refractivity contribution in [1.82, 2.24) is 4.98 Å². The van der Waals surface area contributed by atoms with Gasteiger partial charge in [0.25, 0.3) is 0 Å². The second kappa shape index (κ2) is 5.90. The summed E-state index contributed by atoms with van der Waals surface area (Å²) in [7, 11) is 0. The molecular formula is C13H13N3OS2. The Labute approximate surface area is 120 Å². The minimum atomic E-state index is 0.0185. The van der Waals surface area contributed by atoms with Gasteiger partial charge in [-0.05, 0) is 31.3 Å². The van der Waals surface area contributed by atoms with Gasteiger partial charge in [-0.15, -0.1) is 0 Å². The van der Waals surface area contributed by atoms with Crippen molar-refractivity contribution in [3.63, 3.8) is 0 Å². The average molecular weight is 291 g/mol. The van der Waals surface area contributed by atoms with E-state index in [9.17, 15) is 4.79 Å². The van der Waals surface area contributed by atoms with E-state index in [4.69, 9.17) is 12.2 Å². The summed E-state index contributed by atoms with van der Waals surface area (Å²) in [4.78, 5) is 16.3. The quantitative estimate of drug-likeness (QED) is 0.670. The highest BCUT2D eigenvalue weighted by Crippen LogP contribution is 2.23. The predicted molar refractivity (Wildman–Crippen MR) is 83.1 cm³/mol. The van der Waals surface area contributed by atoms with E-state index in [0.717, 1.165) is 11.4 Å². The lowest BCUT2D eigenvalue weighted by Crippen LogP contribution is -2.18. The molecule has 1 aromatic heterocycles. The summed E-state index contributed by atoms with van der Waals surface area (Å²) in [5, 5.41) is 7.11. The van der Waals surface area contributed by atoms with Gasteiger partial charge in [0, 0.05) is 12.6 Å². The van der Waals surface area contributed by atoms with Crippen LogP contribution in [0.15, 0.2) is 30.3 Å². The molecule has 0 atom stereocenters. The van der Waals surface area contributed by atoms with Crippen molar-refractivity contribution in [3.05, 3.63) is 40.9 Å². The van der Waals surface area contributed by atoms with E-state index < -0.39 is 0 Å². The van der Waals surface area contributed by atoms with Crippen LogP contribution in [-0.2, 0) is 0 Å². The SMILES string of the molecule is CC(=O)c1sc(NC(=S)Nc2ccccc2)nc1C. The van der Waals surface area contributed by atoms with Gasteiger partial charge in [-0.25, -0.2) is 4.98 Å². The zero-order chi connectivity index (χ0) is 13.8. The first-order valence-electron chi connectivity index (χ1n) is 5.67. The predicted octanol–water partition coefficient (Wildman–Crippen LogP) is 3.46. The Morgan fingerprint density at radius 3 is 2.53 bits per heavy atom. The van der Waals surface area contributed by atoms with Crippen LogP contribution in [0.25, 0.3) is 0 Å². The number of carbonyl (C=O) groups is 1. The van der Waals surface area contributed by atoms with Crippen LogP contribution in [0.2, 0.25) is 0 Å². The van der Waals surface area contributed by atoms with E-state index in [1.165, 1.54) is 18.3 Å². The molecule has 0 amide bonds. The highest BCUT2D eigenvalue weighted by Gasteiger charge is 2.12. The smallest absolute Gasteiger partial charge is 0.189 e. The maximum atomic E-state index is 11.4. The molecule has 0 spiro atoms. The van der Waals surface area contributed by atoms with Crippen LogP contribution in [-0.4, -0.2) is 15.9 Å². The summed E-state index contributed by atoms with van der Waals surface area (Å²) >= 11 is 6.50. The zero-order valence-corrected chi connectivity index (χ0v) is 12.2. The first-order valence-corrected chi connectivity index (χ1v) is 6.90. The average Bonchev–Trinajstić information content (AvgIpc) is 2.71. The summed E-state index contributed by atoms with van der Waals surface area (Å²) in [5.74, 6) is 0.0185. The fraction of sp³-hybridized carbons (Fsp3) is 0.154. The van der Waals surface area contributed by atoms with Crippen LogP contribution in [0.3, 0.4) is 0 Å². The van der Waals surface area contributed by atoms with Crippen LogP contribution in [0.4, 0.5) is 10.8 Å². The number of ketones is 1. The van der Waals surface area contributed by atoms with E-state index in [0.29, 0.717) is 15.1 Å². The van der Waals surface area contributed by atoms with Gasteiger partial charge in [0.2, 0.25) is 0 Å².